The zero-order valence-electron chi connectivity index (χ0n) is 15.1. The largest absolute Gasteiger partial charge is 0.493 e. The molecule has 0 aromatic heterocycles. The lowest BCUT2D eigenvalue weighted by molar-refractivity contribution is -0.222. The number of hydrogen-bond acceptors (Lipinski definition) is 6. The maximum absolute atomic E-state index is 12.1. The molecule has 1 aromatic carbocycles. The first-order valence-electron chi connectivity index (χ1n) is 8.36. The van der Waals surface area contributed by atoms with Gasteiger partial charge in [-0.15, -0.1) is 0 Å². The van der Waals surface area contributed by atoms with Crippen LogP contribution in [0, 0.1) is 0 Å². The predicted octanol–water partition coefficient (Wildman–Crippen LogP) is 3.48. The van der Waals surface area contributed by atoms with Gasteiger partial charge >= 0.3 is 11.9 Å². The van der Waals surface area contributed by atoms with E-state index in [1.54, 1.807) is 18.2 Å². The Morgan fingerprint density at radius 3 is 2.40 bits per heavy atom. The van der Waals surface area contributed by atoms with Gasteiger partial charge in [-0.2, -0.15) is 0 Å². The van der Waals surface area contributed by atoms with Gasteiger partial charge in [0.1, 0.15) is 5.57 Å². The van der Waals surface area contributed by atoms with E-state index < -0.39 is 17.7 Å². The van der Waals surface area contributed by atoms with Crippen molar-refractivity contribution in [1.29, 1.82) is 0 Å². The van der Waals surface area contributed by atoms with Crippen LogP contribution in [0.2, 0.25) is 0 Å². The number of para-hydroxylation sites is 1. The molecular weight excluding hydrogens is 324 g/mol. The van der Waals surface area contributed by atoms with E-state index in [-0.39, 0.29) is 5.57 Å². The summed E-state index contributed by atoms with van der Waals surface area (Å²) in [5.41, 5.74) is 0.380. The van der Waals surface area contributed by atoms with Crippen LogP contribution < -0.4 is 9.47 Å². The zero-order valence-corrected chi connectivity index (χ0v) is 15.1. The smallest absolute Gasteiger partial charge is 0.348 e. The molecule has 1 fully saturated rings. The molecule has 0 unspecified atom stereocenters. The average Bonchev–Trinajstić information content (AvgIpc) is 2.54. The molecule has 0 spiro atoms. The number of unbranched alkanes of at least 4 members (excludes halogenated alkanes) is 2. The third kappa shape index (κ3) is 4.75. The van der Waals surface area contributed by atoms with Crippen molar-refractivity contribution in [3.05, 3.63) is 29.3 Å². The van der Waals surface area contributed by atoms with Gasteiger partial charge in [-0.25, -0.2) is 9.59 Å². The highest BCUT2D eigenvalue weighted by Crippen LogP contribution is 2.34. The second-order valence-electron chi connectivity index (χ2n) is 6.17. The molecule has 0 amide bonds. The van der Waals surface area contributed by atoms with Crippen LogP contribution in [0.3, 0.4) is 0 Å². The van der Waals surface area contributed by atoms with Crippen molar-refractivity contribution in [1.82, 2.24) is 0 Å². The fourth-order valence-electron chi connectivity index (χ4n) is 2.42. The maximum atomic E-state index is 12.1. The Labute approximate surface area is 147 Å². The minimum Gasteiger partial charge on any atom is -0.493 e. The maximum Gasteiger partial charge on any atom is 0.348 e. The van der Waals surface area contributed by atoms with Gasteiger partial charge in [0.05, 0.1) is 13.7 Å². The van der Waals surface area contributed by atoms with Crippen molar-refractivity contribution in [2.24, 2.45) is 0 Å². The second kappa shape index (κ2) is 8.05. The first-order valence-corrected chi connectivity index (χ1v) is 8.36. The molecule has 0 radical (unpaired) electrons. The summed E-state index contributed by atoms with van der Waals surface area (Å²) in [5.74, 6) is -1.69. The van der Waals surface area contributed by atoms with E-state index in [0.29, 0.717) is 23.7 Å². The van der Waals surface area contributed by atoms with Gasteiger partial charge in [0.15, 0.2) is 11.5 Å². The first kappa shape index (κ1) is 18.8. The number of carbonyl (C=O) groups excluding carboxylic acids is 2. The fourth-order valence-corrected chi connectivity index (χ4v) is 2.42. The van der Waals surface area contributed by atoms with Crippen molar-refractivity contribution < 1.29 is 28.5 Å². The molecule has 1 aliphatic rings. The van der Waals surface area contributed by atoms with Crippen molar-refractivity contribution >= 4 is 18.0 Å². The molecule has 25 heavy (non-hydrogen) atoms. The van der Waals surface area contributed by atoms with Crippen LogP contribution in [0.4, 0.5) is 0 Å². The number of hydrogen-bond donors (Lipinski definition) is 0. The summed E-state index contributed by atoms with van der Waals surface area (Å²) < 4.78 is 21.4. The third-order valence-electron chi connectivity index (χ3n) is 3.64. The Balaban J connectivity index is 2.31. The fraction of sp³-hybridized carbons (Fsp3) is 0.474. The van der Waals surface area contributed by atoms with E-state index in [1.807, 2.05) is 0 Å². The lowest BCUT2D eigenvalue weighted by atomic mass is 10.1. The zero-order chi connectivity index (χ0) is 18.4. The van der Waals surface area contributed by atoms with Crippen LogP contribution in [0.25, 0.3) is 6.08 Å². The van der Waals surface area contributed by atoms with E-state index in [1.165, 1.54) is 27.0 Å². The van der Waals surface area contributed by atoms with Gasteiger partial charge in [0, 0.05) is 19.4 Å². The van der Waals surface area contributed by atoms with Crippen molar-refractivity contribution in [3.8, 4) is 11.5 Å². The summed E-state index contributed by atoms with van der Waals surface area (Å²) in [5, 5.41) is 0. The van der Waals surface area contributed by atoms with Gasteiger partial charge in [-0.3, -0.25) is 0 Å². The second-order valence-corrected chi connectivity index (χ2v) is 6.17. The summed E-state index contributed by atoms with van der Waals surface area (Å²) >= 11 is 0. The normalized spacial score (nSPS) is 16.1. The molecule has 0 atom stereocenters. The lowest BCUT2D eigenvalue weighted by Gasteiger charge is -2.29. The standard InChI is InChI=1S/C19H24O6/c1-5-6-7-11-23-16-13(9-8-10-15(16)22-4)12-14-17(20)24-19(2,3)25-18(14)21/h8-10,12H,5-7,11H2,1-4H3. The van der Waals surface area contributed by atoms with Gasteiger partial charge < -0.3 is 18.9 Å². The summed E-state index contributed by atoms with van der Waals surface area (Å²) in [6, 6.07) is 5.26. The number of methoxy groups -OCH3 is 1. The van der Waals surface area contributed by atoms with Crippen LogP contribution in [0.1, 0.15) is 45.6 Å². The molecule has 0 saturated carbocycles. The van der Waals surface area contributed by atoms with Crippen LogP contribution in [0.15, 0.2) is 23.8 Å². The van der Waals surface area contributed by atoms with Crippen LogP contribution >= 0.6 is 0 Å². The average molecular weight is 348 g/mol. The number of benzene rings is 1. The van der Waals surface area contributed by atoms with E-state index in [0.717, 1.165) is 19.3 Å². The van der Waals surface area contributed by atoms with E-state index >= 15 is 0 Å². The van der Waals surface area contributed by atoms with Gasteiger partial charge in [-0.1, -0.05) is 31.9 Å². The SMILES string of the molecule is CCCCCOc1c(C=C2C(=O)OC(C)(C)OC2=O)cccc1OC. The molecule has 1 aliphatic heterocycles. The number of cyclic esters (lactones) is 2. The molecular formula is C19H24O6. The van der Waals surface area contributed by atoms with Crippen molar-refractivity contribution in [2.75, 3.05) is 13.7 Å². The molecule has 1 heterocycles. The summed E-state index contributed by atoms with van der Waals surface area (Å²) in [7, 11) is 1.54. The molecule has 1 aromatic rings. The minimum absolute atomic E-state index is 0.175. The van der Waals surface area contributed by atoms with Gasteiger partial charge in [0.25, 0.3) is 5.79 Å². The lowest BCUT2D eigenvalue weighted by Crippen LogP contribution is -2.41. The van der Waals surface area contributed by atoms with Crippen LogP contribution in [-0.2, 0) is 19.1 Å². The molecule has 6 heteroatoms. The monoisotopic (exact) mass is 348 g/mol. The minimum atomic E-state index is -1.26. The van der Waals surface area contributed by atoms with E-state index in [4.69, 9.17) is 18.9 Å². The van der Waals surface area contributed by atoms with Gasteiger partial charge in [-0.05, 0) is 18.6 Å². The Morgan fingerprint density at radius 2 is 1.80 bits per heavy atom. The summed E-state index contributed by atoms with van der Waals surface area (Å²) in [6.07, 6.45) is 4.46. The Hall–Kier alpha value is -2.50. The molecule has 6 nitrogen and oxygen atoms in total. The molecule has 0 bridgehead atoms. The van der Waals surface area contributed by atoms with Crippen molar-refractivity contribution in [3.63, 3.8) is 0 Å². The number of esters is 2. The van der Waals surface area contributed by atoms with Gasteiger partial charge in [0.2, 0.25) is 0 Å². The number of rotatable bonds is 7. The first-order chi connectivity index (χ1) is 11.9. The molecule has 136 valence electrons. The third-order valence-corrected chi connectivity index (χ3v) is 3.64. The Morgan fingerprint density at radius 1 is 1.12 bits per heavy atom. The Kier molecular flexibility index (Phi) is 6.07. The highest BCUT2D eigenvalue weighted by atomic mass is 16.7. The van der Waals surface area contributed by atoms with E-state index in [2.05, 4.69) is 6.92 Å². The Bertz CT molecular complexity index is 652. The molecule has 0 aliphatic carbocycles. The number of ether oxygens (including phenoxy) is 4. The summed E-state index contributed by atoms with van der Waals surface area (Å²) in [6.45, 7) is 5.65. The highest BCUT2D eigenvalue weighted by molar-refractivity contribution is 6.19. The van der Waals surface area contributed by atoms with Crippen LogP contribution in [-0.4, -0.2) is 31.4 Å². The topological polar surface area (TPSA) is 71.1 Å². The number of carbonyl (C=O) groups is 2. The molecule has 1 saturated heterocycles. The van der Waals surface area contributed by atoms with E-state index in [9.17, 15) is 9.59 Å². The van der Waals surface area contributed by atoms with Crippen LogP contribution in [0.5, 0.6) is 11.5 Å². The molecule has 0 N–H and O–H groups in total. The predicted molar refractivity (Wildman–Crippen MR) is 92.3 cm³/mol. The van der Waals surface area contributed by atoms with Crippen molar-refractivity contribution in [2.45, 2.75) is 45.8 Å². The summed E-state index contributed by atoms with van der Waals surface area (Å²) in [4.78, 5) is 24.3. The highest BCUT2D eigenvalue weighted by Gasteiger charge is 2.39. The molecule has 2 rings (SSSR count). The quantitative estimate of drug-likeness (QED) is 0.325.